The molecule has 0 saturated heterocycles. The third-order valence-corrected chi connectivity index (χ3v) is 10.9. The van der Waals surface area contributed by atoms with E-state index in [1.165, 1.54) is 38.1 Å². The van der Waals surface area contributed by atoms with Gasteiger partial charge in [-0.3, -0.25) is 0 Å². The summed E-state index contributed by atoms with van der Waals surface area (Å²) in [6.45, 7) is 0. The second kappa shape index (κ2) is 12.7. The van der Waals surface area contributed by atoms with Crippen LogP contribution in [-0.4, -0.2) is 11.7 Å². The molecule has 4 nitrogen and oxygen atoms in total. The Balaban J connectivity index is 1.14. The summed E-state index contributed by atoms with van der Waals surface area (Å²) in [5.74, 6) is 1.43. The SMILES string of the molecule is c1ccc(-c2ccc3cc(C4=NC(c5c(-c6ccc7ccccc7c6)ccc6oc7ccccc7c56)=NC(c5ccc6ccccc6c5)N4)ccc3c2)cc1. The second-order valence-corrected chi connectivity index (χ2v) is 14.2. The van der Waals surface area contributed by atoms with E-state index in [1.807, 2.05) is 12.1 Å². The van der Waals surface area contributed by atoms with Gasteiger partial charge in [-0.15, -0.1) is 0 Å². The summed E-state index contributed by atoms with van der Waals surface area (Å²) in [7, 11) is 0. The summed E-state index contributed by atoms with van der Waals surface area (Å²) >= 11 is 0. The molecule has 0 aliphatic carbocycles. The van der Waals surface area contributed by atoms with Crippen LogP contribution in [0.25, 0.3) is 76.5 Å². The van der Waals surface area contributed by atoms with Crippen LogP contribution in [0.4, 0.5) is 0 Å². The predicted molar refractivity (Wildman–Crippen MR) is 229 cm³/mol. The lowest BCUT2D eigenvalue weighted by molar-refractivity contribution is 0.668. The van der Waals surface area contributed by atoms with Crippen molar-refractivity contribution in [3.8, 4) is 22.3 Å². The number of rotatable bonds is 5. The van der Waals surface area contributed by atoms with Gasteiger partial charge in [0.2, 0.25) is 0 Å². The van der Waals surface area contributed by atoms with Gasteiger partial charge in [0.25, 0.3) is 0 Å². The van der Waals surface area contributed by atoms with Crippen LogP contribution in [0, 0.1) is 0 Å². The first kappa shape index (κ1) is 31.2. The van der Waals surface area contributed by atoms with Crippen molar-refractivity contribution in [1.29, 1.82) is 0 Å². The van der Waals surface area contributed by atoms with E-state index in [9.17, 15) is 0 Å². The first-order chi connectivity index (χ1) is 27.2. The normalized spacial score (nSPS) is 14.4. The number of benzene rings is 9. The minimum absolute atomic E-state index is 0.388. The zero-order valence-corrected chi connectivity index (χ0v) is 29.8. The zero-order chi connectivity index (χ0) is 36.3. The van der Waals surface area contributed by atoms with E-state index in [0.29, 0.717) is 5.84 Å². The molecule has 0 amide bonds. The predicted octanol–water partition coefficient (Wildman–Crippen LogP) is 12.9. The lowest BCUT2D eigenvalue weighted by Gasteiger charge is -2.25. The first-order valence-corrected chi connectivity index (χ1v) is 18.7. The van der Waals surface area contributed by atoms with Crippen molar-refractivity contribution in [2.75, 3.05) is 0 Å². The Morgan fingerprint density at radius 2 is 1.04 bits per heavy atom. The third-order valence-electron chi connectivity index (χ3n) is 10.9. The van der Waals surface area contributed by atoms with Crippen molar-refractivity contribution in [3.63, 3.8) is 0 Å². The fourth-order valence-corrected chi connectivity index (χ4v) is 8.10. The van der Waals surface area contributed by atoms with Gasteiger partial charge in [0.1, 0.15) is 23.2 Å². The number of fused-ring (bicyclic) bond motifs is 6. The van der Waals surface area contributed by atoms with Gasteiger partial charge in [0, 0.05) is 21.9 Å². The van der Waals surface area contributed by atoms with Gasteiger partial charge < -0.3 is 9.73 Å². The van der Waals surface area contributed by atoms with E-state index in [1.54, 1.807) is 0 Å². The van der Waals surface area contributed by atoms with E-state index in [2.05, 4.69) is 181 Å². The highest BCUT2D eigenvalue weighted by atomic mass is 16.3. The number of nitrogens with zero attached hydrogens (tertiary/aromatic N) is 2. The number of para-hydroxylation sites is 1. The Kier molecular flexibility index (Phi) is 7.20. The molecule has 9 aromatic carbocycles. The summed E-state index contributed by atoms with van der Waals surface area (Å²) in [6.07, 6.45) is -0.388. The third kappa shape index (κ3) is 5.46. The monoisotopic (exact) mass is 703 g/mol. The van der Waals surface area contributed by atoms with Gasteiger partial charge in [0.15, 0.2) is 5.84 Å². The van der Waals surface area contributed by atoms with Crippen molar-refractivity contribution < 1.29 is 4.42 Å². The molecule has 11 rings (SSSR count). The highest BCUT2D eigenvalue weighted by molar-refractivity contribution is 6.25. The van der Waals surface area contributed by atoms with E-state index < -0.39 is 0 Å². The molecule has 1 unspecified atom stereocenters. The molecule has 258 valence electrons. The lowest BCUT2D eigenvalue weighted by atomic mass is 9.92. The van der Waals surface area contributed by atoms with Gasteiger partial charge in [0.05, 0.1) is 0 Å². The van der Waals surface area contributed by atoms with Crippen LogP contribution in [0.15, 0.2) is 202 Å². The Morgan fingerprint density at radius 3 is 1.85 bits per heavy atom. The fourth-order valence-electron chi connectivity index (χ4n) is 8.10. The maximum Gasteiger partial charge on any atom is 0.160 e. The molecule has 0 radical (unpaired) electrons. The van der Waals surface area contributed by atoms with Crippen LogP contribution in [0.2, 0.25) is 0 Å². The summed E-state index contributed by atoms with van der Waals surface area (Å²) in [6, 6.07) is 66.5. The largest absolute Gasteiger partial charge is 0.456 e. The molecule has 0 spiro atoms. The zero-order valence-electron chi connectivity index (χ0n) is 29.8. The summed E-state index contributed by atoms with van der Waals surface area (Å²) < 4.78 is 6.49. The number of furan rings is 1. The van der Waals surface area contributed by atoms with Gasteiger partial charge in [-0.05, 0) is 103 Å². The van der Waals surface area contributed by atoms with E-state index in [4.69, 9.17) is 14.4 Å². The van der Waals surface area contributed by atoms with Crippen LogP contribution < -0.4 is 5.32 Å². The summed E-state index contributed by atoms with van der Waals surface area (Å²) in [4.78, 5) is 10.9. The highest BCUT2D eigenvalue weighted by Gasteiger charge is 2.26. The Labute approximate surface area is 317 Å². The lowest BCUT2D eigenvalue weighted by Crippen LogP contribution is -2.33. The molecule has 2 heterocycles. The molecule has 1 aliphatic heterocycles. The number of nitrogens with one attached hydrogen (secondary N) is 1. The van der Waals surface area contributed by atoms with Crippen LogP contribution in [0.5, 0.6) is 0 Å². The Morgan fingerprint density at radius 1 is 0.436 bits per heavy atom. The molecule has 55 heavy (non-hydrogen) atoms. The molecule has 0 bridgehead atoms. The first-order valence-electron chi connectivity index (χ1n) is 18.7. The smallest absolute Gasteiger partial charge is 0.160 e. The molecule has 1 N–H and O–H groups in total. The van der Waals surface area contributed by atoms with Crippen molar-refractivity contribution in [2.45, 2.75) is 6.17 Å². The summed E-state index contributed by atoms with van der Waals surface area (Å²) in [5, 5.41) is 12.9. The van der Waals surface area contributed by atoms with Crippen LogP contribution in [0.1, 0.15) is 22.9 Å². The minimum atomic E-state index is -0.388. The molecule has 10 aromatic rings. The number of hydrogen-bond donors (Lipinski definition) is 1. The molecule has 4 heteroatoms. The maximum absolute atomic E-state index is 6.49. The Hall–Kier alpha value is -7.30. The second-order valence-electron chi connectivity index (χ2n) is 14.2. The van der Waals surface area contributed by atoms with Crippen LogP contribution in [-0.2, 0) is 0 Å². The van der Waals surface area contributed by atoms with E-state index in [-0.39, 0.29) is 6.17 Å². The quantitative estimate of drug-likeness (QED) is 0.194. The molecule has 1 atom stereocenters. The fraction of sp³-hybridized carbons (Fsp3) is 0.0196. The topological polar surface area (TPSA) is 49.9 Å². The Bertz CT molecular complexity index is 3190. The van der Waals surface area contributed by atoms with Crippen molar-refractivity contribution >= 4 is 65.9 Å². The average Bonchev–Trinajstić information content (AvgIpc) is 3.64. The average molecular weight is 704 g/mol. The molecular formula is C51H33N3O. The van der Waals surface area contributed by atoms with Crippen molar-refractivity contribution in [2.24, 2.45) is 9.98 Å². The van der Waals surface area contributed by atoms with E-state index >= 15 is 0 Å². The molecule has 0 fully saturated rings. The van der Waals surface area contributed by atoms with Gasteiger partial charge in [-0.25, -0.2) is 9.98 Å². The number of amidine groups is 2. The van der Waals surface area contributed by atoms with Crippen LogP contribution >= 0.6 is 0 Å². The molecule has 0 saturated carbocycles. The molecule has 1 aromatic heterocycles. The van der Waals surface area contributed by atoms with Gasteiger partial charge in [-0.1, -0.05) is 146 Å². The van der Waals surface area contributed by atoms with E-state index in [0.717, 1.165) is 61.0 Å². The van der Waals surface area contributed by atoms with Crippen LogP contribution in [0.3, 0.4) is 0 Å². The highest BCUT2D eigenvalue weighted by Crippen LogP contribution is 2.40. The molecule has 1 aliphatic rings. The van der Waals surface area contributed by atoms with Crippen molar-refractivity contribution in [3.05, 3.63) is 205 Å². The molecular weight excluding hydrogens is 671 g/mol. The standard InChI is InChI=1S/C51H33N3O/c1-2-10-32(11-3-1)37-20-21-39-31-42(25-22-38(39)28-37)50-52-49(41-24-19-34-13-5-7-15-36(34)30-41)53-51(54-50)48-43(40-23-18-33-12-4-6-14-35(33)29-40)26-27-46-47(48)44-16-8-9-17-45(44)55-46/h1-31,49H,(H,52,53,54). The van der Waals surface area contributed by atoms with Gasteiger partial charge >= 0.3 is 0 Å². The number of aliphatic imine (C=N–C) groups is 2. The van der Waals surface area contributed by atoms with Gasteiger partial charge in [-0.2, -0.15) is 0 Å². The maximum atomic E-state index is 6.49. The number of hydrogen-bond acceptors (Lipinski definition) is 4. The van der Waals surface area contributed by atoms with Crippen molar-refractivity contribution in [1.82, 2.24) is 5.32 Å². The summed E-state index contributed by atoms with van der Waals surface area (Å²) in [5.41, 5.74) is 9.21. The minimum Gasteiger partial charge on any atom is -0.456 e.